The first kappa shape index (κ1) is 17.6. The van der Waals surface area contributed by atoms with Crippen LogP contribution in [0.5, 0.6) is 0 Å². The van der Waals surface area contributed by atoms with Crippen LogP contribution >= 0.6 is 11.8 Å². The Bertz CT molecular complexity index is 1190. The van der Waals surface area contributed by atoms with Crippen molar-refractivity contribution in [3.05, 3.63) is 78.6 Å². The van der Waals surface area contributed by atoms with Gasteiger partial charge in [-0.05, 0) is 30.3 Å². The molecule has 0 saturated carbocycles. The Morgan fingerprint density at radius 1 is 0.966 bits per heavy atom. The van der Waals surface area contributed by atoms with Gasteiger partial charge in [0.2, 0.25) is 0 Å². The van der Waals surface area contributed by atoms with E-state index in [1.54, 1.807) is 28.7 Å². The van der Waals surface area contributed by atoms with Crippen LogP contribution in [0.4, 0.5) is 0 Å². The highest BCUT2D eigenvalue weighted by atomic mass is 32.2. The van der Waals surface area contributed by atoms with Crippen LogP contribution < -0.4 is 5.32 Å². The first-order valence-electron chi connectivity index (χ1n) is 9.30. The first-order chi connectivity index (χ1) is 14.3. The molecule has 7 heteroatoms. The number of amides is 1. The van der Waals surface area contributed by atoms with Crippen molar-refractivity contribution in [2.24, 2.45) is 0 Å². The van der Waals surface area contributed by atoms with Gasteiger partial charge in [0.05, 0.1) is 12.2 Å². The van der Waals surface area contributed by atoms with Gasteiger partial charge in [-0.3, -0.25) is 9.48 Å². The molecule has 6 nitrogen and oxygen atoms in total. The lowest BCUT2D eigenvalue weighted by Gasteiger charge is -2.13. The number of benzene rings is 2. The molecule has 0 saturated heterocycles. The van der Waals surface area contributed by atoms with E-state index < -0.39 is 0 Å². The zero-order valence-corrected chi connectivity index (χ0v) is 16.3. The summed E-state index contributed by atoms with van der Waals surface area (Å²) >= 11 is 1.68. The number of carbonyl (C=O) groups is 1. The summed E-state index contributed by atoms with van der Waals surface area (Å²) in [7, 11) is 0. The van der Waals surface area contributed by atoms with Crippen LogP contribution in [0.25, 0.3) is 22.8 Å². The van der Waals surface area contributed by atoms with Crippen molar-refractivity contribution >= 4 is 17.7 Å². The standard InChI is InChI=1S/C22H17N5OS/c28-22-19-14-18(26-27(19)13-12-24-22)17-10-11-23-21(25-17)16-8-4-5-9-20(16)29-15-6-2-1-3-7-15/h1-11,14H,12-13H2,(H,24,28). The first-order valence-corrected chi connectivity index (χ1v) is 10.1. The van der Waals surface area contributed by atoms with Gasteiger partial charge in [-0.15, -0.1) is 0 Å². The average molecular weight is 399 g/mol. The molecule has 0 atom stereocenters. The minimum atomic E-state index is -0.103. The quantitative estimate of drug-likeness (QED) is 0.563. The Morgan fingerprint density at radius 3 is 2.66 bits per heavy atom. The Balaban J connectivity index is 1.52. The second kappa shape index (κ2) is 7.52. The molecular formula is C22H17N5OS. The number of aromatic nitrogens is 4. The molecule has 1 amide bonds. The number of rotatable bonds is 4. The summed E-state index contributed by atoms with van der Waals surface area (Å²) in [6.07, 6.45) is 1.74. The van der Waals surface area contributed by atoms with Gasteiger partial charge < -0.3 is 5.32 Å². The molecule has 0 aliphatic carbocycles. The molecule has 1 aliphatic heterocycles. The molecule has 142 valence electrons. The van der Waals surface area contributed by atoms with Gasteiger partial charge in [-0.1, -0.05) is 48.2 Å². The summed E-state index contributed by atoms with van der Waals surface area (Å²) in [4.78, 5) is 23.5. The van der Waals surface area contributed by atoms with Gasteiger partial charge in [-0.2, -0.15) is 5.10 Å². The molecule has 0 unspecified atom stereocenters. The molecule has 1 aliphatic rings. The third kappa shape index (κ3) is 3.52. The lowest BCUT2D eigenvalue weighted by molar-refractivity contribution is 0.0924. The second-order valence-corrected chi connectivity index (χ2v) is 7.69. The van der Waals surface area contributed by atoms with E-state index in [-0.39, 0.29) is 5.91 Å². The van der Waals surface area contributed by atoms with Crippen LogP contribution in [-0.2, 0) is 6.54 Å². The summed E-state index contributed by atoms with van der Waals surface area (Å²) in [5.74, 6) is 0.533. The van der Waals surface area contributed by atoms with Gasteiger partial charge in [0, 0.05) is 28.1 Å². The summed E-state index contributed by atoms with van der Waals surface area (Å²) < 4.78 is 1.73. The van der Waals surface area contributed by atoms with Crippen LogP contribution in [0.3, 0.4) is 0 Å². The molecule has 5 rings (SSSR count). The van der Waals surface area contributed by atoms with Crippen LogP contribution in [0.1, 0.15) is 10.5 Å². The predicted octanol–water partition coefficient (Wildman–Crippen LogP) is 3.90. The molecule has 3 heterocycles. The maximum Gasteiger partial charge on any atom is 0.269 e. The van der Waals surface area contributed by atoms with Crippen molar-refractivity contribution in [2.75, 3.05) is 6.54 Å². The molecule has 2 aromatic heterocycles. The van der Waals surface area contributed by atoms with E-state index in [1.165, 1.54) is 0 Å². The molecule has 0 spiro atoms. The SMILES string of the molecule is O=C1NCCn2nc(-c3ccnc(-c4ccccc4Sc4ccccc4)n3)cc21. The third-order valence-corrected chi connectivity index (χ3v) is 5.72. The van der Waals surface area contributed by atoms with E-state index in [9.17, 15) is 4.79 Å². The summed E-state index contributed by atoms with van der Waals surface area (Å²) in [5, 5.41) is 7.39. The highest BCUT2D eigenvalue weighted by Crippen LogP contribution is 2.35. The number of nitrogens with one attached hydrogen (secondary N) is 1. The highest BCUT2D eigenvalue weighted by Gasteiger charge is 2.20. The fourth-order valence-corrected chi connectivity index (χ4v) is 4.21. The molecule has 0 fully saturated rings. The molecule has 0 radical (unpaired) electrons. The topological polar surface area (TPSA) is 72.7 Å². The van der Waals surface area contributed by atoms with E-state index in [2.05, 4.69) is 33.6 Å². The number of hydrogen-bond acceptors (Lipinski definition) is 5. The minimum absolute atomic E-state index is 0.103. The lowest BCUT2D eigenvalue weighted by atomic mass is 10.2. The van der Waals surface area contributed by atoms with E-state index in [0.29, 0.717) is 36.0 Å². The zero-order chi connectivity index (χ0) is 19.6. The average Bonchev–Trinajstić information content (AvgIpc) is 3.21. The molecule has 1 N–H and O–H groups in total. The maximum atomic E-state index is 12.0. The largest absolute Gasteiger partial charge is 0.349 e. The van der Waals surface area contributed by atoms with Crippen LogP contribution in [0, 0.1) is 0 Å². The summed E-state index contributed by atoms with van der Waals surface area (Å²) in [6, 6.07) is 21.9. The van der Waals surface area contributed by atoms with Crippen LogP contribution in [-0.4, -0.2) is 32.2 Å². The van der Waals surface area contributed by atoms with Gasteiger partial charge in [0.15, 0.2) is 5.82 Å². The summed E-state index contributed by atoms with van der Waals surface area (Å²) in [6.45, 7) is 1.25. The molecule has 29 heavy (non-hydrogen) atoms. The van der Waals surface area contributed by atoms with Crippen molar-refractivity contribution in [1.29, 1.82) is 0 Å². The predicted molar refractivity (Wildman–Crippen MR) is 112 cm³/mol. The summed E-state index contributed by atoms with van der Waals surface area (Å²) in [5.41, 5.74) is 2.90. The Morgan fingerprint density at radius 2 is 1.79 bits per heavy atom. The van der Waals surface area contributed by atoms with Gasteiger partial charge >= 0.3 is 0 Å². The smallest absolute Gasteiger partial charge is 0.269 e. The maximum absolute atomic E-state index is 12.0. The third-order valence-electron chi connectivity index (χ3n) is 4.64. The Kier molecular flexibility index (Phi) is 4.57. The number of fused-ring (bicyclic) bond motifs is 1. The number of nitrogens with zero attached hydrogens (tertiary/aromatic N) is 4. The van der Waals surface area contributed by atoms with Gasteiger partial charge in [-0.25, -0.2) is 9.97 Å². The number of carbonyl (C=O) groups excluding carboxylic acids is 1. The Hall–Kier alpha value is -3.45. The monoisotopic (exact) mass is 399 g/mol. The van der Waals surface area contributed by atoms with Crippen molar-refractivity contribution in [3.8, 4) is 22.8 Å². The van der Waals surface area contributed by atoms with Gasteiger partial charge in [0.1, 0.15) is 11.4 Å². The van der Waals surface area contributed by atoms with Crippen molar-refractivity contribution in [1.82, 2.24) is 25.1 Å². The second-order valence-electron chi connectivity index (χ2n) is 6.57. The molecule has 0 bridgehead atoms. The molecular weight excluding hydrogens is 382 g/mol. The van der Waals surface area contributed by atoms with Crippen LogP contribution in [0.15, 0.2) is 82.7 Å². The van der Waals surface area contributed by atoms with E-state index >= 15 is 0 Å². The lowest BCUT2D eigenvalue weighted by Crippen LogP contribution is -2.35. The number of hydrogen-bond donors (Lipinski definition) is 1. The fraction of sp³-hybridized carbons (Fsp3) is 0.0909. The molecule has 2 aromatic carbocycles. The molecule has 4 aromatic rings. The van der Waals surface area contributed by atoms with Crippen molar-refractivity contribution < 1.29 is 4.79 Å². The zero-order valence-electron chi connectivity index (χ0n) is 15.4. The van der Waals surface area contributed by atoms with E-state index in [1.807, 2.05) is 42.5 Å². The van der Waals surface area contributed by atoms with Crippen LogP contribution in [0.2, 0.25) is 0 Å². The Labute approximate surface area is 172 Å². The normalized spacial score (nSPS) is 13.0. The van der Waals surface area contributed by atoms with Crippen molar-refractivity contribution in [3.63, 3.8) is 0 Å². The minimum Gasteiger partial charge on any atom is -0.349 e. The highest BCUT2D eigenvalue weighted by molar-refractivity contribution is 7.99. The van der Waals surface area contributed by atoms with Crippen molar-refractivity contribution in [2.45, 2.75) is 16.3 Å². The fourth-order valence-electron chi connectivity index (χ4n) is 3.25. The van der Waals surface area contributed by atoms with E-state index in [4.69, 9.17) is 4.98 Å². The van der Waals surface area contributed by atoms with Gasteiger partial charge in [0.25, 0.3) is 5.91 Å². The van der Waals surface area contributed by atoms with E-state index in [0.717, 1.165) is 15.4 Å².